The van der Waals surface area contributed by atoms with Gasteiger partial charge in [0.1, 0.15) is 22.8 Å². The third-order valence-corrected chi connectivity index (χ3v) is 8.03. The van der Waals surface area contributed by atoms with Crippen LogP contribution < -0.4 is 19.3 Å². The Morgan fingerprint density at radius 1 is 1.04 bits per heavy atom. The number of hydrogen-bond donors (Lipinski definition) is 1. The standard InChI is InChI=1S/C19H15FN2O4.C14H7ClF3NO5/c1-2-7-21-15-9-14(13(20)8-16(15)26-10-17(21)23)22-18(24)11-5-3-4-6-12(11)19(22)25;15-10-5-7(14(16,17)18)1-4-12(10)24-8-2-3-11(19(22)23)9(6-8)13(20)21/h1,8-9H,3-7,10H2;1-6H,(H,20,21). The van der Waals surface area contributed by atoms with E-state index >= 15 is 0 Å². The fourth-order valence-electron chi connectivity index (χ4n) is 5.40. The molecule has 1 N–H and O–H groups in total. The summed E-state index contributed by atoms with van der Waals surface area (Å²) in [6.07, 6.45) is 3.43. The number of aromatic carboxylic acids is 1. The molecule has 0 unspecified atom stereocenters. The highest BCUT2D eigenvalue weighted by atomic mass is 35.5. The molecule has 3 aromatic rings. The number of imide groups is 1. The van der Waals surface area contributed by atoms with Gasteiger partial charge in [0.15, 0.2) is 12.4 Å². The van der Waals surface area contributed by atoms with Crippen LogP contribution in [0.2, 0.25) is 5.02 Å². The molecule has 0 fully saturated rings. The lowest BCUT2D eigenvalue weighted by molar-refractivity contribution is -0.385. The number of nitro benzene ring substituents is 1. The number of nitro groups is 1. The van der Waals surface area contributed by atoms with E-state index in [9.17, 15) is 46.9 Å². The summed E-state index contributed by atoms with van der Waals surface area (Å²) in [5, 5.41) is 19.4. The number of amides is 3. The Morgan fingerprint density at radius 3 is 2.26 bits per heavy atom. The van der Waals surface area contributed by atoms with E-state index in [0.717, 1.165) is 54.1 Å². The predicted octanol–water partition coefficient (Wildman–Crippen LogP) is 6.69. The summed E-state index contributed by atoms with van der Waals surface area (Å²) in [7, 11) is 0. The molecule has 2 aliphatic heterocycles. The normalized spacial score (nSPS) is 15.4. The molecule has 0 spiro atoms. The quantitative estimate of drug-likeness (QED) is 0.0966. The Kier molecular flexibility index (Phi) is 9.82. The fourth-order valence-corrected chi connectivity index (χ4v) is 5.62. The van der Waals surface area contributed by atoms with Gasteiger partial charge < -0.3 is 14.6 Å². The molecule has 0 aromatic heterocycles. The molecule has 12 nitrogen and oxygen atoms in total. The Morgan fingerprint density at radius 2 is 1.70 bits per heavy atom. The van der Waals surface area contributed by atoms with Gasteiger partial charge in [-0.15, -0.1) is 6.42 Å². The number of halogens is 5. The third kappa shape index (κ3) is 6.94. The van der Waals surface area contributed by atoms with Crippen molar-refractivity contribution in [1.82, 2.24) is 0 Å². The zero-order chi connectivity index (χ0) is 36.5. The van der Waals surface area contributed by atoms with Gasteiger partial charge in [0.2, 0.25) is 0 Å². The Bertz CT molecular complexity index is 2010. The van der Waals surface area contributed by atoms with Crippen LogP contribution in [0, 0.1) is 28.3 Å². The number of fused-ring (bicyclic) bond motifs is 1. The minimum Gasteiger partial charge on any atom is -0.481 e. The van der Waals surface area contributed by atoms with Crippen LogP contribution in [0.3, 0.4) is 0 Å². The highest BCUT2D eigenvalue weighted by molar-refractivity contribution is 6.33. The zero-order valence-corrected chi connectivity index (χ0v) is 26.1. The van der Waals surface area contributed by atoms with Gasteiger partial charge in [-0.1, -0.05) is 17.5 Å². The molecule has 0 atom stereocenters. The minimum atomic E-state index is -4.58. The smallest absolute Gasteiger partial charge is 0.416 e. The lowest BCUT2D eigenvalue weighted by Crippen LogP contribution is -2.39. The Balaban J connectivity index is 0.000000195. The molecule has 17 heteroatoms. The molecular weight excluding hydrogens is 694 g/mol. The van der Waals surface area contributed by atoms with Crippen LogP contribution in [-0.2, 0) is 20.6 Å². The highest BCUT2D eigenvalue weighted by Gasteiger charge is 2.42. The lowest BCUT2D eigenvalue weighted by Gasteiger charge is -2.29. The molecule has 3 aliphatic rings. The van der Waals surface area contributed by atoms with E-state index in [0.29, 0.717) is 30.1 Å². The van der Waals surface area contributed by atoms with Gasteiger partial charge in [-0.3, -0.25) is 29.4 Å². The number of carboxylic acids is 1. The Hall–Kier alpha value is -5.95. The van der Waals surface area contributed by atoms with Crippen LogP contribution in [0.4, 0.5) is 34.6 Å². The second kappa shape index (κ2) is 13.9. The van der Waals surface area contributed by atoms with Crippen molar-refractivity contribution in [3.8, 4) is 29.6 Å². The number of hydrogen-bond acceptors (Lipinski definition) is 8. The van der Waals surface area contributed by atoms with E-state index in [1.54, 1.807) is 0 Å². The van der Waals surface area contributed by atoms with Crippen molar-refractivity contribution in [2.24, 2.45) is 0 Å². The van der Waals surface area contributed by atoms with Crippen molar-refractivity contribution in [1.29, 1.82) is 0 Å². The van der Waals surface area contributed by atoms with E-state index < -0.39 is 51.5 Å². The van der Waals surface area contributed by atoms with Crippen LogP contribution >= 0.6 is 11.6 Å². The van der Waals surface area contributed by atoms with Gasteiger partial charge in [-0.05, 0) is 56.0 Å². The number of carbonyl (C=O) groups is 4. The maximum Gasteiger partial charge on any atom is 0.416 e. The van der Waals surface area contributed by atoms with Crippen molar-refractivity contribution in [2.75, 3.05) is 23.0 Å². The van der Waals surface area contributed by atoms with Gasteiger partial charge in [-0.25, -0.2) is 14.1 Å². The van der Waals surface area contributed by atoms with E-state index in [1.807, 2.05) is 0 Å². The van der Waals surface area contributed by atoms with Crippen LogP contribution in [-0.4, -0.2) is 46.9 Å². The third-order valence-electron chi connectivity index (χ3n) is 7.73. The molecule has 0 bridgehead atoms. The summed E-state index contributed by atoms with van der Waals surface area (Å²) >= 11 is 5.72. The molecular formula is C33H22ClF4N3O9. The van der Waals surface area contributed by atoms with Crippen molar-refractivity contribution >= 4 is 52.4 Å². The fraction of sp³-hybridized carbons (Fsp3) is 0.212. The van der Waals surface area contributed by atoms with Crippen molar-refractivity contribution in [3.05, 3.63) is 91.8 Å². The SMILES string of the molecule is C#CCN1C(=O)COc2cc(F)c(N3C(=O)C4=C(CCCC4)C3=O)cc21.O=C(O)c1cc(Oc2ccc(C(F)(F)F)cc2Cl)ccc1[N+](=O)[O-]. The van der Waals surface area contributed by atoms with Crippen LogP contribution in [0.5, 0.6) is 17.2 Å². The molecule has 6 rings (SSSR count). The monoisotopic (exact) mass is 715 g/mol. The van der Waals surface area contributed by atoms with Crippen molar-refractivity contribution in [3.63, 3.8) is 0 Å². The molecule has 0 saturated carbocycles. The molecule has 1 aliphatic carbocycles. The maximum atomic E-state index is 14.7. The zero-order valence-electron chi connectivity index (χ0n) is 25.4. The summed E-state index contributed by atoms with van der Waals surface area (Å²) in [4.78, 5) is 60.5. The first-order valence-electron chi connectivity index (χ1n) is 14.5. The number of carbonyl (C=O) groups excluding carboxylic acids is 3. The van der Waals surface area contributed by atoms with Gasteiger partial charge in [0.05, 0.1) is 33.4 Å². The minimum absolute atomic E-state index is 0.0170. The van der Waals surface area contributed by atoms with Crippen LogP contribution in [0.15, 0.2) is 59.7 Å². The second-order valence-corrected chi connectivity index (χ2v) is 11.2. The number of benzene rings is 3. The first-order valence-corrected chi connectivity index (χ1v) is 14.9. The summed E-state index contributed by atoms with van der Waals surface area (Å²) in [5.74, 6) is -1.43. The second-order valence-electron chi connectivity index (χ2n) is 10.8. The van der Waals surface area contributed by atoms with E-state index in [4.69, 9.17) is 32.6 Å². The highest BCUT2D eigenvalue weighted by Crippen LogP contribution is 2.42. The molecule has 2 heterocycles. The maximum absolute atomic E-state index is 14.7. The predicted molar refractivity (Wildman–Crippen MR) is 168 cm³/mol. The molecule has 3 aromatic carbocycles. The van der Waals surface area contributed by atoms with Crippen molar-refractivity contribution in [2.45, 2.75) is 31.9 Å². The summed E-state index contributed by atoms with van der Waals surface area (Å²) in [5.41, 5.74) is -1.25. The number of anilines is 2. The molecule has 0 radical (unpaired) electrons. The first kappa shape index (κ1) is 35.4. The summed E-state index contributed by atoms with van der Waals surface area (Å²) < 4.78 is 62.8. The number of ether oxygens (including phenoxy) is 2. The van der Waals surface area contributed by atoms with E-state index in [2.05, 4.69) is 5.92 Å². The van der Waals surface area contributed by atoms with Crippen LogP contribution in [0.1, 0.15) is 41.6 Å². The molecule has 3 amide bonds. The average molecular weight is 716 g/mol. The van der Waals surface area contributed by atoms with E-state index in [-0.39, 0.29) is 52.7 Å². The van der Waals surface area contributed by atoms with Crippen molar-refractivity contribution < 1.29 is 56.2 Å². The Labute approximate surface area is 284 Å². The number of nitrogens with zero attached hydrogens (tertiary/aromatic N) is 3. The summed E-state index contributed by atoms with van der Waals surface area (Å²) in [6.45, 7) is -0.262. The number of carboxylic acid groups (broad SMARTS) is 1. The van der Waals surface area contributed by atoms with Gasteiger partial charge >= 0.3 is 12.1 Å². The number of rotatable bonds is 6. The first-order chi connectivity index (χ1) is 23.6. The van der Waals surface area contributed by atoms with E-state index in [1.165, 1.54) is 11.0 Å². The lowest BCUT2D eigenvalue weighted by atomic mass is 9.93. The molecule has 0 saturated heterocycles. The number of terminal acetylenes is 1. The largest absolute Gasteiger partial charge is 0.481 e. The number of alkyl halides is 3. The van der Waals surface area contributed by atoms with Gasteiger partial charge in [0, 0.05) is 29.3 Å². The average Bonchev–Trinajstić information content (AvgIpc) is 3.32. The van der Waals surface area contributed by atoms with Gasteiger partial charge in [0.25, 0.3) is 23.4 Å². The van der Waals surface area contributed by atoms with Crippen LogP contribution in [0.25, 0.3) is 0 Å². The summed E-state index contributed by atoms with van der Waals surface area (Å²) in [6, 6.07) is 7.63. The topological polar surface area (TPSA) is 157 Å². The molecule has 258 valence electrons. The van der Waals surface area contributed by atoms with Gasteiger partial charge in [-0.2, -0.15) is 13.2 Å². The molecule has 50 heavy (non-hydrogen) atoms.